The first-order chi connectivity index (χ1) is 12.4. The number of hydrogen-bond donors (Lipinski definition) is 2. The Labute approximate surface area is 149 Å². The van der Waals surface area contributed by atoms with Crippen LogP contribution in [0, 0.1) is 25.5 Å². The SMILES string of the molecule is Cc1ccc(Nc2cc(C(=O)Nc3ccc(F)cc3F)ccn2)cc1C. The number of aromatic nitrogens is 1. The van der Waals surface area contributed by atoms with Crippen molar-refractivity contribution in [2.45, 2.75) is 13.8 Å². The third kappa shape index (κ3) is 4.03. The Morgan fingerprint density at radius 1 is 0.962 bits per heavy atom. The van der Waals surface area contributed by atoms with E-state index in [1.54, 1.807) is 6.07 Å². The summed E-state index contributed by atoms with van der Waals surface area (Å²) in [7, 11) is 0. The van der Waals surface area contributed by atoms with Crippen molar-refractivity contribution in [3.05, 3.63) is 83.1 Å². The number of carbonyl (C=O) groups is 1. The minimum atomic E-state index is -0.833. The summed E-state index contributed by atoms with van der Waals surface area (Å²) in [4.78, 5) is 16.5. The molecule has 132 valence electrons. The van der Waals surface area contributed by atoms with Crippen LogP contribution in [-0.4, -0.2) is 10.9 Å². The smallest absolute Gasteiger partial charge is 0.255 e. The molecule has 2 N–H and O–H groups in total. The summed E-state index contributed by atoms with van der Waals surface area (Å²) in [5, 5.41) is 5.56. The summed E-state index contributed by atoms with van der Waals surface area (Å²) >= 11 is 0. The Balaban J connectivity index is 1.77. The van der Waals surface area contributed by atoms with Crippen molar-refractivity contribution in [3.63, 3.8) is 0 Å². The fourth-order valence-electron chi connectivity index (χ4n) is 2.39. The van der Waals surface area contributed by atoms with Crippen molar-refractivity contribution < 1.29 is 13.6 Å². The number of pyridine rings is 1. The number of amides is 1. The van der Waals surface area contributed by atoms with Gasteiger partial charge >= 0.3 is 0 Å². The molecule has 0 unspecified atom stereocenters. The Morgan fingerprint density at radius 3 is 2.50 bits per heavy atom. The van der Waals surface area contributed by atoms with E-state index in [1.807, 2.05) is 32.0 Å². The highest BCUT2D eigenvalue weighted by atomic mass is 19.1. The predicted octanol–water partition coefficient (Wildman–Crippen LogP) is 4.97. The number of halogens is 2. The zero-order valence-electron chi connectivity index (χ0n) is 14.3. The van der Waals surface area contributed by atoms with Gasteiger partial charge in [0.15, 0.2) is 0 Å². The van der Waals surface area contributed by atoms with E-state index in [2.05, 4.69) is 15.6 Å². The molecule has 0 bridgehead atoms. The van der Waals surface area contributed by atoms with E-state index in [9.17, 15) is 13.6 Å². The highest BCUT2D eigenvalue weighted by Gasteiger charge is 2.11. The Morgan fingerprint density at radius 2 is 1.77 bits per heavy atom. The second-order valence-corrected chi connectivity index (χ2v) is 5.93. The number of nitrogens with one attached hydrogen (secondary N) is 2. The van der Waals surface area contributed by atoms with Crippen LogP contribution >= 0.6 is 0 Å². The van der Waals surface area contributed by atoms with Gasteiger partial charge in [-0.05, 0) is 61.4 Å². The molecule has 26 heavy (non-hydrogen) atoms. The molecule has 1 amide bonds. The average molecular weight is 353 g/mol. The number of aryl methyl sites for hydroxylation is 2. The fraction of sp³-hybridized carbons (Fsp3) is 0.100. The van der Waals surface area contributed by atoms with Gasteiger partial charge in [-0.2, -0.15) is 0 Å². The third-order valence-electron chi connectivity index (χ3n) is 3.98. The van der Waals surface area contributed by atoms with Gasteiger partial charge in [-0.15, -0.1) is 0 Å². The van der Waals surface area contributed by atoms with Gasteiger partial charge in [0.25, 0.3) is 5.91 Å². The van der Waals surface area contributed by atoms with Gasteiger partial charge in [-0.25, -0.2) is 13.8 Å². The van der Waals surface area contributed by atoms with Crippen molar-refractivity contribution in [1.82, 2.24) is 4.98 Å². The molecule has 2 aromatic carbocycles. The second kappa shape index (κ2) is 7.31. The van der Waals surface area contributed by atoms with E-state index in [0.717, 1.165) is 23.4 Å². The van der Waals surface area contributed by atoms with Crippen molar-refractivity contribution in [2.75, 3.05) is 10.6 Å². The number of rotatable bonds is 4. The zero-order chi connectivity index (χ0) is 18.7. The molecule has 0 aliphatic heterocycles. The minimum Gasteiger partial charge on any atom is -0.340 e. The van der Waals surface area contributed by atoms with Gasteiger partial charge < -0.3 is 10.6 Å². The first kappa shape index (κ1) is 17.5. The van der Waals surface area contributed by atoms with E-state index >= 15 is 0 Å². The first-order valence-electron chi connectivity index (χ1n) is 7.99. The third-order valence-corrected chi connectivity index (χ3v) is 3.98. The van der Waals surface area contributed by atoms with Crippen LogP contribution in [-0.2, 0) is 0 Å². The van der Waals surface area contributed by atoms with Crippen LogP contribution in [0.3, 0.4) is 0 Å². The highest BCUT2D eigenvalue weighted by Crippen LogP contribution is 2.20. The summed E-state index contributed by atoms with van der Waals surface area (Å²) in [6.45, 7) is 4.03. The topological polar surface area (TPSA) is 54.0 Å². The molecule has 0 aliphatic rings. The molecule has 6 heteroatoms. The zero-order valence-corrected chi connectivity index (χ0v) is 14.3. The maximum atomic E-state index is 13.7. The highest BCUT2D eigenvalue weighted by molar-refractivity contribution is 6.04. The molecule has 1 aromatic heterocycles. The summed E-state index contributed by atoms with van der Waals surface area (Å²) in [6.07, 6.45) is 1.49. The monoisotopic (exact) mass is 353 g/mol. The molecule has 0 spiro atoms. The molecule has 3 rings (SSSR count). The van der Waals surface area contributed by atoms with Crippen LogP contribution in [0.25, 0.3) is 0 Å². The van der Waals surface area contributed by atoms with E-state index in [0.29, 0.717) is 11.4 Å². The number of nitrogens with zero attached hydrogens (tertiary/aromatic N) is 1. The summed E-state index contributed by atoms with van der Waals surface area (Å²) in [5.74, 6) is -1.56. The van der Waals surface area contributed by atoms with Gasteiger partial charge in [0, 0.05) is 23.5 Å². The van der Waals surface area contributed by atoms with E-state index in [4.69, 9.17) is 0 Å². The van der Waals surface area contributed by atoms with Crippen LogP contribution in [0.1, 0.15) is 21.5 Å². The average Bonchev–Trinajstić information content (AvgIpc) is 2.61. The van der Waals surface area contributed by atoms with Gasteiger partial charge in [-0.1, -0.05) is 6.07 Å². The molecular formula is C20H17F2N3O. The van der Waals surface area contributed by atoms with Crippen LogP contribution in [0.15, 0.2) is 54.7 Å². The van der Waals surface area contributed by atoms with Crippen molar-refractivity contribution in [1.29, 1.82) is 0 Å². The number of anilines is 3. The van der Waals surface area contributed by atoms with Crippen LogP contribution in [0.5, 0.6) is 0 Å². The summed E-state index contributed by atoms with van der Waals surface area (Å²) in [5.41, 5.74) is 3.38. The van der Waals surface area contributed by atoms with E-state index in [1.165, 1.54) is 23.9 Å². The van der Waals surface area contributed by atoms with Gasteiger partial charge in [-0.3, -0.25) is 4.79 Å². The molecule has 0 aliphatic carbocycles. The van der Waals surface area contributed by atoms with Crippen molar-refractivity contribution >= 4 is 23.1 Å². The number of benzene rings is 2. The van der Waals surface area contributed by atoms with Gasteiger partial charge in [0.1, 0.15) is 17.5 Å². The maximum Gasteiger partial charge on any atom is 0.255 e. The standard InChI is InChI=1S/C20H17F2N3O/c1-12-3-5-16(9-13(12)2)24-19-10-14(7-8-23-19)20(26)25-18-6-4-15(21)11-17(18)22/h3-11H,1-2H3,(H,23,24)(H,25,26). The summed E-state index contributed by atoms with van der Waals surface area (Å²) in [6, 6.07) is 12.0. The second-order valence-electron chi connectivity index (χ2n) is 5.93. The Hall–Kier alpha value is -3.28. The first-order valence-corrected chi connectivity index (χ1v) is 7.99. The quantitative estimate of drug-likeness (QED) is 0.696. The minimum absolute atomic E-state index is 0.0862. The van der Waals surface area contributed by atoms with Gasteiger partial charge in [0.2, 0.25) is 0 Å². The van der Waals surface area contributed by atoms with E-state index in [-0.39, 0.29) is 5.69 Å². The lowest BCUT2D eigenvalue weighted by Crippen LogP contribution is -2.13. The van der Waals surface area contributed by atoms with Crippen molar-refractivity contribution in [2.24, 2.45) is 0 Å². The molecular weight excluding hydrogens is 336 g/mol. The molecule has 0 saturated carbocycles. The largest absolute Gasteiger partial charge is 0.340 e. The lowest BCUT2D eigenvalue weighted by molar-refractivity contribution is 0.102. The molecule has 0 radical (unpaired) electrons. The molecule has 4 nitrogen and oxygen atoms in total. The van der Waals surface area contributed by atoms with Gasteiger partial charge in [0.05, 0.1) is 5.69 Å². The lowest BCUT2D eigenvalue weighted by Gasteiger charge is -2.10. The van der Waals surface area contributed by atoms with Crippen LogP contribution < -0.4 is 10.6 Å². The molecule has 3 aromatic rings. The Kier molecular flexibility index (Phi) is 4.93. The van der Waals surface area contributed by atoms with Crippen molar-refractivity contribution in [3.8, 4) is 0 Å². The molecule has 1 heterocycles. The predicted molar refractivity (Wildman–Crippen MR) is 97.7 cm³/mol. The maximum absolute atomic E-state index is 13.7. The van der Waals surface area contributed by atoms with Crippen LogP contribution in [0.2, 0.25) is 0 Å². The lowest BCUT2D eigenvalue weighted by atomic mass is 10.1. The Bertz CT molecular complexity index is 973. The molecule has 0 atom stereocenters. The summed E-state index contributed by atoms with van der Waals surface area (Å²) < 4.78 is 26.6. The number of carbonyl (C=O) groups excluding carboxylic acids is 1. The fourth-order valence-corrected chi connectivity index (χ4v) is 2.39. The molecule has 0 saturated heterocycles. The molecule has 0 fully saturated rings. The van der Waals surface area contributed by atoms with Crippen LogP contribution in [0.4, 0.5) is 26.0 Å². The normalized spacial score (nSPS) is 10.5. The number of hydrogen-bond acceptors (Lipinski definition) is 3. The van der Waals surface area contributed by atoms with E-state index < -0.39 is 17.5 Å².